The molecule has 0 aliphatic heterocycles. The first kappa shape index (κ1) is 18.4. The Labute approximate surface area is 135 Å². The van der Waals surface area contributed by atoms with Gasteiger partial charge in [-0.3, -0.25) is 0 Å². The first-order valence-electron chi connectivity index (χ1n) is 8.24. The minimum atomic E-state index is 0.148. The molecule has 0 aromatic carbocycles. The van der Waals surface area contributed by atoms with Crippen molar-refractivity contribution in [3.05, 3.63) is 10.6 Å². The Morgan fingerprint density at radius 1 is 1.24 bits per heavy atom. The summed E-state index contributed by atoms with van der Waals surface area (Å²) in [6, 6.07) is 0.555. The summed E-state index contributed by atoms with van der Waals surface area (Å²) in [7, 11) is 2.18. The zero-order chi connectivity index (χ0) is 16.0. The van der Waals surface area contributed by atoms with E-state index in [1.807, 2.05) is 11.3 Å². The van der Waals surface area contributed by atoms with Crippen LogP contribution in [0.5, 0.6) is 0 Å². The molecular formula is C17H33N3S. The van der Waals surface area contributed by atoms with E-state index in [0.29, 0.717) is 6.04 Å². The molecule has 1 rings (SSSR count). The van der Waals surface area contributed by atoms with Crippen LogP contribution in [0.15, 0.2) is 0 Å². The number of aromatic nitrogens is 1. The van der Waals surface area contributed by atoms with E-state index in [1.54, 1.807) is 0 Å². The number of hydrogen-bond donors (Lipinski definition) is 1. The van der Waals surface area contributed by atoms with Crippen LogP contribution in [-0.4, -0.2) is 23.6 Å². The lowest BCUT2D eigenvalue weighted by Crippen LogP contribution is -2.35. The third-order valence-electron chi connectivity index (χ3n) is 3.70. The van der Waals surface area contributed by atoms with Crippen LogP contribution < -0.4 is 10.2 Å². The fraction of sp³-hybridized carbons (Fsp3) is 0.824. The first-order valence-corrected chi connectivity index (χ1v) is 9.06. The van der Waals surface area contributed by atoms with Crippen molar-refractivity contribution in [2.75, 3.05) is 11.9 Å². The standard InChI is InChI=1S/C17H33N3S/c1-8-10-13(3)20(7)16-19-14(11-9-2)15(21-16)12-18-17(4,5)6/h13,18H,8-12H2,1-7H3. The van der Waals surface area contributed by atoms with Gasteiger partial charge in [0.2, 0.25) is 0 Å². The van der Waals surface area contributed by atoms with Crippen molar-refractivity contribution in [3.8, 4) is 0 Å². The van der Waals surface area contributed by atoms with Crippen molar-refractivity contribution >= 4 is 16.5 Å². The van der Waals surface area contributed by atoms with Crippen LogP contribution in [0.4, 0.5) is 5.13 Å². The van der Waals surface area contributed by atoms with Gasteiger partial charge in [0, 0.05) is 30.1 Å². The molecule has 1 N–H and O–H groups in total. The first-order chi connectivity index (χ1) is 9.78. The molecule has 0 aliphatic carbocycles. The average molecular weight is 312 g/mol. The van der Waals surface area contributed by atoms with Crippen molar-refractivity contribution in [1.29, 1.82) is 0 Å². The van der Waals surface area contributed by atoms with Crippen LogP contribution in [0, 0.1) is 0 Å². The normalized spacial score (nSPS) is 13.5. The monoisotopic (exact) mass is 311 g/mol. The second-order valence-corrected chi connectivity index (χ2v) is 8.03. The summed E-state index contributed by atoms with van der Waals surface area (Å²) >= 11 is 1.85. The SMILES string of the molecule is CCCc1nc(N(C)C(C)CCC)sc1CNC(C)(C)C. The van der Waals surface area contributed by atoms with Gasteiger partial charge in [0.15, 0.2) is 5.13 Å². The van der Waals surface area contributed by atoms with E-state index in [0.717, 1.165) is 19.4 Å². The summed E-state index contributed by atoms with van der Waals surface area (Å²) in [5.74, 6) is 0. The lowest BCUT2D eigenvalue weighted by Gasteiger charge is -2.23. The molecule has 122 valence electrons. The summed E-state index contributed by atoms with van der Waals surface area (Å²) in [5, 5.41) is 4.77. The van der Waals surface area contributed by atoms with Gasteiger partial charge in [-0.1, -0.05) is 26.7 Å². The van der Waals surface area contributed by atoms with Crippen molar-refractivity contribution in [2.24, 2.45) is 0 Å². The Kier molecular flexibility index (Phi) is 7.14. The Morgan fingerprint density at radius 3 is 2.43 bits per heavy atom. The van der Waals surface area contributed by atoms with E-state index in [-0.39, 0.29) is 5.54 Å². The van der Waals surface area contributed by atoms with Gasteiger partial charge in [-0.05, 0) is 40.5 Å². The van der Waals surface area contributed by atoms with E-state index >= 15 is 0 Å². The van der Waals surface area contributed by atoms with Crippen LogP contribution in [0.2, 0.25) is 0 Å². The molecule has 1 aromatic heterocycles. The van der Waals surface area contributed by atoms with E-state index in [4.69, 9.17) is 4.98 Å². The number of rotatable bonds is 8. The lowest BCUT2D eigenvalue weighted by atomic mass is 10.1. The molecule has 1 heterocycles. The predicted octanol–water partition coefficient (Wildman–Crippen LogP) is 4.61. The quantitative estimate of drug-likeness (QED) is 0.760. The van der Waals surface area contributed by atoms with Crippen molar-refractivity contribution in [1.82, 2.24) is 10.3 Å². The van der Waals surface area contributed by atoms with Gasteiger partial charge < -0.3 is 10.2 Å². The molecule has 21 heavy (non-hydrogen) atoms. The van der Waals surface area contributed by atoms with Crippen LogP contribution in [0.3, 0.4) is 0 Å². The number of hydrogen-bond acceptors (Lipinski definition) is 4. The topological polar surface area (TPSA) is 28.2 Å². The molecule has 0 radical (unpaired) electrons. The number of anilines is 1. The van der Waals surface area contributed by atoms with Gasteiger partial charge in [-0.15, -0.1) is 11.3 Å². The molecule has 0 aliphatic rings. The Hall–Kier alpha value is -0.610. The molecule has 0 bridgehead atoms. The zero-order valence-corrected chi connectivity index (χ0v) is 15.7. The smallest absolute Gasteiger partial charge is 0.185 e. The van der Waals surface area contributed by atoms with E-state index < -0.39 is 0 Å². The highest BCUT2D eigenvalue weighted by molar-refractivity contribution is 7.15. The van der Waals surface area contributed by atoms with Crippen molar-refractivity contribution < 1.29 is 0 Å². The molecule has 0 amide bonds. The van der Waals surface area contributed by atoms with Crippen LogP contribution in [-0.2, 0) is 13.0 Å². The highest BCUT2D eigenvalue weighted by atomic mass is 32.1. The number of aryl methyl sites for hydroxylation is 1. The van der Waals surface area contributed by atoms with Gasteiger partial charge >= 0.3 is 0 Å². The van der Waals surface area contributed by atoms with Gasteiger partial charge in [-0.2, -0.15) is 0 Å². The summed E-state index contributed by atoms with van der Waals surface area (Å²) in [6.07, 6.45) is 4.67. The third kappa shape index (κ3) is 5.95. The lowest BCUT2D eigenvalue weighted by molar-refractivity contribution is 0.425. The van der Waals surface area contributed by atoms with Gasteiger partial charge in [0.25, 0.3) is 0 Å². The van der Waals surface area contributed by atoms with E-state index in [2.05, 4.69) is 58.8 Å². The highest BCUT2D eigenvalue weighted by Crippen LogP contribution is 2.29. The molecule has 1 unspecified atom stereocenters. The third-order valence-corrected chi connectivity index (χ3v) is 4.89. The van der Waals surface area contributed by atoms with Crippen molar-refractivity contribution in [3.63, 3.8) is 0 Å². The summed E-state index contributed by atoms with van der Waals surface area (Å²) in [6.45, 7) is 14.3. The Morgan fingerprint density at radius 2 is 1.90 bits per heavy atom. The molecule has 1 aromatic rings. The molecule has 0 spiro atoms. The van der Waals surface area contributed by atoms with Gasteiger partial charge in [0.05, 0.1) is 5.69 Å². The minimum Gasteiger partial charge on any atom is -0.348 e. The fourth-order valence-corrected chi connectivity index (χ4v) is 3.35. The molecule has 1 atom stereocenters. The molecule has 0 saturated carbocycles. The van der Waals surface area contributed by atoms with Crippen molar-refractivity contribution in [2.45, 2.75) is 85.4 Å². The molecule has 4 heteroatoms. The minimum absolute atomic E-state index is 0.148. The number of nitrogens with zero attached hydrogens (tertiary/aromatic N) is 2. The van der Waals surface area contributed by atoms with Crippen LogP contribution in [0.25, 0.3) is 0 Å². The van der Waals surface area contributed by atoms with Crippen LogP contribution in [0.1, 0.15) is 71.4 Å². The molecular weight excluding hydrogens is 278 g/mol. The second kappa shape index (κ2) is 8.14. The molecule has 0 saturated heterocycles. The zero-order valence-electron chi connectivity index (χ0n) is 14.9. The summed E-state index contributed by atoms with van der Waals surface area (Å²) in [4.78, 5) is 8.65. The maximum absolute atomic E-state index is 4.91. The Bertz CT molecular complexity index is 420. The molecule has 3 nitrogen and oxygen atoms in total. The summed E-state index contributed by atoms with van der Waals surface area (Å²) in [5.41, 5.74) is 1.43. The van der Waals surface area contributed by atoms with Gasteiger partial charge in [-0.25, -0.2) is 4.98 Å². The molecule has 0 fully saturated rings. The maximum atomic E-state index is 4.91. The fourth-order valence-electron chi connectivity index (χ4n) is 2.24. The highest BCUT2D eigenvalue weighted by Gasteiger charge is 2.18. The maximum Gasteiger partial charge on any atom is 0.185 e. The van der Waals surface area contributed by atoms with E-state index in [1.165, 1.54) is 28.5 Å². The second-order valence-electron chi connectivity index (χ2n) is 6.97. The largest absolute Gasteiger partial charge is 0.348 e. The predicted molar refractivity (Wildman–Crippen MR) is 95.5 cm³/mol. The number of nitrogens with one attached hydrogen (secondary N) is 1. The van der Waals surface area contributed by atoms with E-state index in [9.17, 15) is 0 Å². The number of thiazole rings is 1. The Balaban J connectivity index is 2.87. The average Bonchev–Trinajstić information content (AvgIpc) is 2.78. The van der Waals surface area contributed by atoms with Gasteiger partial charge in [0.1, 0.15) is 0 Å². The van der Waals surface area contributed by atoms with Crippen LogP contribution >= 0.6 is 11.3 Å². The summed E-state index contributed by atoms with van der Waals surface area (Å²) < 4.78 is 0.